The molecule has 0 bridgehead atoms. The van der Waals surface area contributed by atoms with E-state index in [4.69, 9.17) is 11.6 Å². The van der Waals surface area contributed by atoms with Gasteiger partial charge in [0, 0.05) is 47.8 Å². The molecule has 2 aromatic carbocycles. The van der Waals surface area contributed by atoms with E-state index in [0.29, 0.717) is 23.8 Å². The van der Waals surface area contributed by atoms with Gasteiger partial charge in [-0.05, 0) is 48.9 Å². The highest BCUT2D eigenvalue weighted by molar-refractivity contribution is 6.31. The smallest absolute Gasteiger partial charge is 0.270 e. The first-order valence-corrected chi connectivity index (χ1v) is 9.06. The van der Waals surface area contributed by atoms with Crippen LogP contribution in [0.1, 0.15) is 16.9 Å². The quantitative estimate of drug-likeness (QED) is 0.729. The molecule has 3 aromatic rings. The molecule has 1 aliphatic rings. The molecule has 1 aromatic heterocycles. The number of hydrogen-bond acceptors (Lipinski definition) is 2. The zero-order chi connectivity index (χ0) is 18.1. The zero-order valence-corrected chi connectivity index (χ0v) is 15.0. The lowest BCUT2D eigenvalue weighted by atomic mass is 10.2. The number of amides is 1. The molecule has 26 heavy (non-hydrogen) atoms. The Balaban J connectivity index is 1.49. The lowest BCUT2D eigenvalue weighted by Gasteiger charge is -2.23. The molecule has 6 heteroatoms. The van der Waals surface area contributed by atoms with E-state index in [0.717, 1.165) is 36.1 Å². The molecule has 134 valence electrons. The summed E-state index contributed by atoms with van der Waals surface area (Å²) in [4.78, 5) is 20.1. The van der Waals surface area contributed by atoms with Crippen molar-refractivity contribution in [2.24, 2.45) is 0 Å². The number of halogens is 2. The van der Waals surface area contributed by atoms with Crippen LogP contribution in [0.25, 0.3) is 10.9 Å². The molecule has 1 amide bonds. The van der Waals surface area contributed by atoms with Gasteiger partial charge >= 0.3 is 0 Å². The minimum atomic E-state index is -0.237. The number of hydrogen-bond donors (Lipinski definition) is 1. The van der Waals surface area contributed by atoms with Crippen molar-refractivity contribution in [3.05, 3.63) is 65.1 Å². The van der Waals surface area contributed by atoms with Gasteiger partial charge in [0.25, 0.3) is 5.91 Å². The van der Waals surface area contributed by atoms with E-state index in [9.17, 15) is 9.18 Å². The number of aromatic nitrogens is 1. The SMILES string of the molecule is O=C(c1cc2ccc(Cl)cc2[nH]1)N1CCCN(c2ccc(F)cc2)CC1. The van der Waals surface area contributed by atoms with Gasteiger partial charge in [-0.1, -0.05) is 17.7 Å². The van der Waals surface area contributed by atoms with Crippen LogP contribution in [0.4, 0.5) is 10.1 Å². The van der Waals surface area contributed by atoms with E-state index in [-0.39, 0.29) is 11.7 Å². The normalized spacial score (nSPS) is 15.3. The number of fused-ring (bicyclic) bond motifs is 1. The van der Waals surface area contributed by atoms with Crippen LogP contribution < -0.4 is 4.90 Å². The van der Waals surface area contributed by atoms with Crippen molar-refractivity contribution >= 4 is 34.1 Å². The minimum Gasteiger partial charge on any atom is -0.370 e. The number of nitrogens with one attached hydrogen (secondary N) is 1. The summed E-state index contributed by atoms with van der Waals surface area (Å²) in [5.41, 5.74) is 2.43. The van der Waals surface area contributed by atoms with Gasteiger partial charge in [-0.2, -0.15) is 0 Å². The van der Waals surface area contributed by atoms with Gasteiger partial charge in [-0.25, -0.2) is 4.39 Å². The van der Waals surface area contributed by atoms with Crippen molar-refractivity contribution in [2.45, 2.75) is 6.42 Å². The van der Waals surface area contributed by atoms with Crippen LogP contribution >= 0.6 is 11.6 Å². The Labute approximate surface area is 156 Å². The summed E-state index contributed by atoms with van der Waals surface area (Å²) in [5, 5.41) is 1.61. The molecule has 0 unspecified atom stereocenters. The van der Waals surface area contributed by atoms with Gasteiger partial charge in [0.2, 0.25) is 0 Å². The van der Waals surface area contributed by atoms with Gasteiger partial charge < -0.3 is 14.8 Å². The number of nitrogens with zero attached hydrogens (tertiary/aromatic N) is 2. The van der Waals surface area contributed by atoms with Crippen LogP contribution in [0, 0.1) is 5.82 Å². The molecule has 2 heterocycles. The average molecular weight is 372 g/mol. The number of aromatic amines is 1. The second-order valence-corrected chi connectivity index (χ2v) is 6.96. The van der Waals surface area contributed by atoms with E-state index >= 15 is 0 Å². The second kappa shape index (κ2) is 7.00. The molecule has 0 atom stereocenters. The van der Waals surface area contributed by atoms with Crippen molar-refractivity contribution in [2.75, 3.05) is 31.1 Å². The third-order valence-electron chi connectivity index (χ3n) is 4.79. The van der Waals surface area contributed by atoms with Crippen LogP contribution in [0.5, 0.6) is 0 Å². The first kappa shape index (κ1) is 16.9. The molecule has 1 saturated heterocycles. The molecule has 0 aliphatic carbocycles. The highest BCUT2D eigenvalue weighted by atomic mass is 35.5. The Kier molecular flexibility index (Phi) is 4.55. The standard InChI is InChI=1S/C20H19ClFN3O/c21-15-3-2-14-12-19(23-18(14)13-15)20(26)25-9-1-8-24(10-11-25)17-6-4-16(22)5-7-17/h2-7,12-13,23H,1,8-11H2. The first-order valence-electron chi connectivity index (χ1n) is 8.68. The lowest BCUT2D eigenvalue weighted by molar-refractivity contribution is 0.0762. The molecule has 1 fully saturated rings. The molecular formula is C20H19ClFN3O. The van der Waals surface area contributed by atoms with Crippen LogP contribution in [0.3, 0.4) is 0 Å². The van der Waals surface area contributed by atoms with E-state index in [1.807, 2.05) is 29.2 Å². The summed E-state index contributed by atoms with van der Waals surface area (Å²) < 4.78 is 13.1. The van der Waals surface area contributed by atoms with Gasteiger partial charge in [0.1, 0.15) is 11.5 Å². The van der Waals surface area contributed by atoms with E-state index < -0.39 is 0 Å². The Morgan fingerprint density at radius 2 is 1.81 bits per heavy atom. The third kappa shape index (κ3) is 3.40. The maximum Gasteiger partial charge on any atom is 0.270 e. The fourth-order valence-corrected chi connectivity index (χ4v) is 3.59. The highest BCUT2D eigenvalue weighted by Crippen LogP contribution is 2.22. The molecule has 0 saturated carbocycles. The Morgan fingerprint density at radius 1 is 1.00 bits per heavy atom. The van der Waals surface area contributed by atoms with Gasteiger partial charge in [-0.3, -0.25) is 4.79 Å². The Hall–Kier alpha value is -2.53. The number of rotatable bonds is 2. The lowest BCUT2D eigenvalue weighted by Crippen LogP contribution is -2.35. The first-order chi connectivity index (χ1) is 12.6. The summed E-state index contributed by atoms with van der Waals surface area (Å²) in [7, 11) is 0. The Bertz CT molecular complexity index is 938. The summed E-state index contributed by atoms with van der Waals surface area (Å²) in [6.07, 6.45) is 0.870. The fraction of sp³-hybridized carbons (Fsp3) is 0.250. The number of carbonyl (C=O) groups excluding carboxylic acids is 1. The Morgan fingerprint density at radius 3 is 2.62 bits per heavy atom. The summed E-state index contributed by atoms with van der Waals surface area (Å²) in [6.45, 7) is 2.90. The predicted octanol–water partition coefficient (Wildman–Crippen LogP) is 4.31. The van der Waals surface area contributed by atoms with Gasteiger partial charge in [-0.15, -0.1) is 0 Å². The molecule has 1 N–H and O–H groups in total. The molecule has 4 rings (SSSR count). The van der Waals surface area contributed by atoms with Crippen LogP contribution in [0.2, 0.25) is 5.02 Å². The third-order valence-corrected chi connectivity index (χ3v) is 5.02. The van der Waals surface area contributed by atoms with Crippen LogP contribution in [-0.4, -0.2) is 42.0 Å². The number of carbonyl (C=O) groups is 1. The predicted molar refractivity (Wildman–Crippen MR) is 102 cm³/mol. The topological polar surface area (TPSA) is 39.3 Å². The second-order valence-electron chi connectivity index (χ2n) is 6.52. The van der Waals surface area contributed by atoms with Crippen LogP contribution in [0.15, 0.2) is 48.5 Å². The maximum absolute atomic E-state index is 13.1. The number of anilines is 1. The average Bonchev–Trinajstić information content (AvgIpc) is 2.90. The molecule has 1 aliphatic heterocycles. The van der Waals surface area contributed by atoms with Gasteiger partial charge in [0.05, 0.1) is 0 Å². The van der Waals surface area contributed by atoms with E-state index in [1.54, 1.807) is 12.1 Å². The summed E-state index contributed by atoms with van der Waals surface area (Å²) in [6, 6.07) is 13.9. The van der Waals surface area contributed by atoms with Crippen molar-refractivity contribution in [3.63, 3.8) is 0 Å². The maximum atomic E-state index is 13.1. The zero-order valence-electron chi connectivity index (χ0n) is 14.2. The van der Waals surface area contributed by atoms with Crippen molar-refractivity contribution in [3.8, 4) is 0 Å². The van der Waals surface area contributed by atoms with E-state index in [2.05, 4.69) is 9.88 Å². The number of benzene rings is 2. The molecular weight excluding hydrogens is 353 g/mol. The molecule has 0 radical (unpaired) electrons. The van der Waals surface area contributed by atoms with Crippen molar-refractivity contribution < 1.29 is 9.18 Å². The van der Waals surface area contributed by atoms with Gasteiger partial charge in [0.15, 0.2) is 0 Å². The molecule has 4 nitrogen and oxygen atoms in total. The van der Waals surface area contributed by atoms with E-state index in [1.165, 1.54) is 12.1 Å². The van der Waals surface area contributed by atoms with Crippen LogP contribution in [-0.2, 0) is 0 Å². The fourth-order valence-electron chi connectivity index (χ4n) is 3.42. The number of H-pyrrole nitrogens is 1. The summed E-state index contributed by atoms with van der Waals surface area (Å²) in [5.74, 6) is -0.238. The monoisotopic (exact) mass is 371 g/mol. The molecule has 0 spiro atoms. The highest BCUT2D eigenvalue weighted by Gasteiger charge is 2.22. The van der Waals surface area contributed by atoms with Crippen molar-refractivity contribution in [1.82, 2.24) is 9.88 Å². The minimum absolute atomic E-state index is 0.00159. The van der Waals surface area contributed by atoms with Crippen molar-refractivity contribution in [1.29, 1.82) is 0 Å². The summed E-state index contributed by atoms with van der Waals surface area (Å²) >= 11 is 6.02. The largest absolute Gasteiger partial charge is 0.370 e.